The summed E-state index contributed by atoms with van der Waals surface area (Å²) < 4.78 is 5.18. The summed E-state index contributed by atoms with van der Waals surface area (Å²) in [5.74, 6) is -0.502. The van der Waals surface area contributed by atoms with E-state index in [1.54, 1.807) is 7.11 Å². The highest BCUT2D eigenvalue weighted by molar-refractivity contribution is 5.97. The molecule has 2 N–H and O–H groups in total. The molecule has 1 aromatic carbocycles. The van der Waals surface area contributed by atoms with Crippen LogP contribution in [0.15, 0.2) is 24.3 Å². The van der Waals surface area contributed by atoms with Crippen molar-refractivity contribution in [3.63, 3.8) is 0 Å². The monoisotopic (exact) mass is 317 g/mol. The second kappa shape index (κ2) is 6.60. The van der Waals surface area contributed by atoms with E-state index in [1.807, 2.05) is 12.1 Å². The quantitative estimate of drug-likeness (QED) is 0.835. The number of ether oxygens (including phenoxy) is 1. The predicted molar refractivity (Wildman–Crippen MR) is 85.2 cm³/mol. The molecule has 1 aliphatic carbocycles. The lowest BCUT2D eigenvalue weighted by Crippen LogP contribution is -2.53. The maximum atomic E-state index is 11.8. The van der Waals surface area contributed by atoms with E-state index in [0.717, 1.165) is 31.4 Å². The van der Waals surface area contributed by atoms with Crippen LogP contribution in [0.4, 0.5) is 0 Å². The number of carbonyl (C=O) groups excluding carboxylic acids is 1. The van der Waals surface area contributed by atoms with E-state index < -0.39 is 11.9 Å². The van der Waals surface area contributed by atoms with Gasteiger partial charge in [-0.15, -0.1) is 0 Å². The number of aliphatic carboxylic acids is 1. The van der Waals surface area contributed by atoms with Gasteiger partial charge < -0.3 is 15.2 Å². The lowest BCUT2D eigenvalue weighted by Gasteiger charge is -2.41. The minimum Gasteiger partial charge on any atom is -0.497 e. The first-order chi connectivity index (χ1) is 11.1. The highest BCUT2D eigenvalue weighted by Crippen LogP contribution is 2.37. The Balaban J connectivity index is 1.61. The SMILES string of the molecule is COc1ccc(CC2CCC3NC(=O)C(C(=O)O)CC3C2)cc1. The largest absolute Gasteiger partial charge is 0.497 e. The maximum absolute atomic E-state index is 11.8. The second-order valence-electron chi connectivity index (χ2n) is 6.73. The lowest BCUT2D eigenvalue weighted by atomic mass is 9.70. The Bertz CT molecular complexity index is 583. The fourth-order valence-electron chi connectivity index (χ4n) is 4.00. The summed E-state index contributed by atoms with van der Waals surface area (Å²) in [6.45, 7) is 0. The normalized spacial score (nSPS) is 30.2. The minimum absolute atomic E-state index is 0.158. The van der Waals surface area contributed by atoms with Crippen molar-refractivity contribution >= 4 is 11.9 Å². The van der Waals surface area contributed by atoms with E-state index >= 15 is 0 Å². The van der Waals surface area contributed by atoms with Crippen molar-refractivity contribution in [3.05, 3.63) is 29.8 Å². The highest BCUT2D eigenvalue weighted by atomic mass is 16.5. The number of carbonyl (C=O) groups is 2. The molecule has 1 saturated carbocycles. The zero-order valence-corrected chi connectivity index (χ0v) is 13.3. The first-order valence-electron chi connectivity index (χ1n) is 8.23. The molecule has 0 bridgehead atoms. The first kappa shape index (κ1) is 15.8. The topological polar surface area (TPSA) is 75.6 Å². The molecule has 3 rings (SSSR count). The van der Waals surface area contributed by atoms with Crippen molar-refractivity contribution in [2.75, 3.05) is 7.11 Å². The number of hydrogen-bond acceptors (Lipinski definition) is 3. The molecule has 4 atom stereocenters. The summed E-state index contributed by atoms with van der Waals surface area (Å²) >= 11 is 0. The number of carboxylic acid groups (broad SMARTS) is 1. The molecule has 0 radical (unpaired) electrons. The summed E-state index contributed by atoms with van der Waals surface area (Å²) in [6.07, 6.45) is 4.49. The molecule has 5 nitrogen and oxygen atoms in total. The average molecular weight is 317 g/mol. The highest BCUT2D eigenvalue weighted by Gasteiger charge is 2.42. The van der Waals surface area contributed by atoms with Crippen LogP contribution in [0.3, 0.4) is 0 Å². The van der Waals surface area contributed by atoms with E-state index in [4.69, 9.17) is 4.74 Å². The number of carboxylic acids is 1. The van der Waals surface area contributed by atoms with Crippen LogP contribution in [0, 0.1) is 17.8 Å². The average Bonchev–Trinajstić information content (AvgIpc) is 2.55. The zero-order chi connectivity index (χ0) is 16.4. The minimum atomic E-state index is -1.00. The number of benzene rings is 1. The van der Waals surface area contributed by atoms with Gasteiger partial charge in [0.2, 0.25) is 5.91 Å². The molecule has 0 aromatic heterocycles. The molecule has 1 aliphatic heterocycles. The van der Waals surface area contributed by atoms with E-state index in [2.05, 4.69) is 17.4 Å². The summed E-state index contributed by atoms with van der Waals surface area (Å²) in [5, 5.41) is 12.1. The number of rotatable bonds is 4. The molecule has 124 valence electrons. The number of hydrogen-bond donors (Lipinski definition) is 2. The van der Waals surface area contributed by atoms with Crippen molar-refractivity contribution in [3.8, 4) is 5.75 Å². The number of fused-ring (bicyclic) bond motifs is 1. The fraction of sp³-hybridized carbons (Fsp3) is 0.556. The van der Waals surface area contributed by atoms with Gasteiger partial charge in [-0.1, -0.05) is 12.1 Å². The van der Waals surface area contributed by atoms with E-state index in [9.17, 15) is 14.7 Å². The molecule has 2 aliphatic rings. The molecule has 23 heavy (non-hydrogen) atoms. The maximum Gasteiger partial charge on any atom is 0.316 e. The van der Waals surface area contributed by atoms with Gasteiger partial charge in [-0.2, -0.15) is 0 Å². The van der Waals surface area contributed by atoms with Crippen LogP contribution in [0.1, 0.15) is 31.2 Å². The Kier molecular flexibility index (Phi) is 4.55. The molecule has 2 fully saturated rings. The number of amides is 1. The lowest BCUT2D eigenvalue weighted by molar-refractivity contribution is -0.150. The van der Waals surface area contributed by atoms with Crippen LogP contribution < -0.4 is 10.1 Å². The summed E-state index contributed by atoms with van der Waals surface area (Å²) in [5.41, 5.74) is 1.28. The molecule has 5 heteroatoms. The van der Waals surface area contributed by atoms with Gasteiger partial charge >= 0.3 is 5.97 Å². The van der Waals surface area contributed by atoms with E-state index in [-0.39, 0.29) is 17.9 Å². The Morgan fingerprint density at radius 2 is 2.00 bits per heavy atom. The summed E-state index contributed by atoms with van der Waals surface area (Å²) in [6, 6.07) is 8.29. The number of piperidine rings is 1. The molecule has 1 heterocycles. The first-order valence-corrected chi connectivity index (χ1v) is 8.23. The van der Waals surface area contributed by atoms with Crippen molar-refractivity contribution < 1.29 is 19.4 Å². The Labute approximate surface area is 136 Å². The van der Waals surface area contributed by atoms with Gasteiger partial charge in [0.15, 0.2) is 0 Å². The van der Waals surface area contributed by atoms with Gasteiger partial charge in [-0.3, -0.25) is 9.59 Å². The van der Waals surface area contributed by atoms with Gasteiger partial charge in [0.05, 0.1) is 7.11 Å². The molecule has 0 spiro atoms. The Morgan fingerprint density at radius 3 is 2.65 bits per heavy atom. The zero-order valence-electron chi connectivity index (χ0n) is 13.3. The molecular formula is C18H23NO4. The van der Waals surface area contributed by atoms with Crippen LogP contribution >= 0.6 is 0 Å². The third-order valence-corrected chi connectivity index (χ3v) is 5.26. The molecule has 1 aromatic rings. The fourth-order valence-corrected chi connectivity index (χ4v) is 4.00. The Hall–Kier alpha value is -2.04. The standard InChI is InChI=1S/C18H23NO4/c1-23-14-5-2-11(3-6-14)8-12-4-7-16-13(9-12)10-15(18(21)22)17(20)19-16/h2-3,5-6,12-13,15-16H,4,7-10H2,1H3,(H,19,20)(H,21,22). The van der Waals surface area contributed by atoms with Crippen LogP contribution in [0.2, 0.25) is 0 Å². The third kappa shape index (κ3) is 3.49. The summed E-state index contributed by atoms with van der Waals surface area (Å²) in [7, 11) is 1.66. The summed E-state index contributed by atoms with van der Waals surface area (Å²) in [4.78, 5) is 23.0. The molecular weight excluding hydrogens is 294 g/mol. The van der Waals surface area contributed by atoms with Crippen LogP contribution in [0.25, 0.3) is 0 Å². The molecule has 1 saturated heterocycles. The van der Waals surface area contributed by atoms with Gasteiger partial charge in [-0.05, 0) is 61.6 Å². The molecule has 1 amide bonds. The van der Waals surface area contributed by atoms with Crippen LogP contribution in [0.5, 0.6) is 5.75 Å². The van der Waals surface area contributed by atoms with E-state index in [0.29, 0.717) is 12.3 Å². The van der Waals surface area contributed by atoms with Crippen molar-refractivity contribution in [2.45, 2.75) is 38.1 Å². The smallest absolute Gasteiger partial charge is 0.316 e. The van der Waals surface area contributed by atoms with E-state index in [1.165, 1.54) is 5.56 Å². The van der Waals surface area contributed by atoms with Crippen molar-refractivity contribution in [1.82, 2.24) is 5.32 Å². The van der Waals surface area contributed by atoms with Gasteiger partial charge in [0.1, 0.15) is 11.7 Å². The van der Waals surface area contributed by atoms with Crippen LogP contribution in [-0.4, -0.2) is 30.1 Å². The van der Waals surface area contributed by atoms with Crippen molar-refractivity contribution in [1.29, 1.82) is 0 Å². The van der Waals surface area contributed by atoms with Gasteiger partial charge in [0.25, 0.3) is 0 Å². The van der Waals surface area contributed by atoms with Crippen LogP contribution in [-0.2, 0) is 16.0 Å². The van der Waals surface area contributed by atoms with Gasteiger partial charge in [0, 0.05) is 6.04 Å². The number of nitrogens with one attached hydrogen (secondary N) is 1. The van der Waals surface area contributed by atoms with Crippen molar-refractivity contribution in [2.24, 2.45) is 17.8 Å². The predicted octanol–water partition coefficient (Wildman–Crippen LogP) is 2.24. The number of methoxy groups -OCH3 is 1. The Morgan fingerprint density at radius 1 is 1.26 bits per heavy atom. The van der Waals surface area contributed by atoms with Gasteiger partial charge in [-0.25, -0.2) is 0 Å². The third-order valence-electron chi connectivity index (χ3n) is 5.26. The molecule has 4 unspecified atom stereocenters. The second-order valence-corrected chi connectivity index (χ2v) is 6.73.